The second-order valence-corrected chi connectivity index (χ2v) is 5.96. The maximum atomic E-state index is 12.1. The molecule has 19 heavy (non-hydrogen) atoms. The van der Waals surface area contributed by atoms with Gasteiger partial charge in [-0.15, -0.1) is 0 Å². The Kier molecular flexibility index (Phi) is 3.83. The van der Waals surface area contributed by atoms with E-state index in [4.69, 9.17) is 4.74 Å². The number of ether oxygens (including phenoxy) is 1. The third kappa shape index (κ3) is 3.09. The molecule has 0 spiro atoms. The summed E-state index contributed by atoms with van der Waals surface area (Å²) < 4.78 is 5.62. The van der Waals surface area contributed by atoms with E-state index in [1.807, 2.05) is 26.8 Å². The SMILES string of the molecule is CCC(C)(C)C(=O)OC1CCc2ccc(O)cc2C1. The van der Waals surface area contributed by atoms with Crippen LogP contribution >= 0.6 is 0 Å². The molecule has 104 valence electrons. The van der Waals surface area contributed by atoms with Gasteiger partial charge in [-0.3, -0.25) is 4.79 Å². The highest BCUT2D eigenvalue weighted by atomic mass is 16.5. The van der Waals surface area contributed by atoms with Gasteiger partial charge in [0.1, 0.15) is 11.9 Å². The molecule has 0 fully saturated rings. The first-order chi connectivity index (χ1) is 8.92. The van der Waals surface area contributed by atoms with Crippen LogP contribution in [-0.4, -0.2) is 17.2 Å². The second kappa shape index (κ2) is 5.24. The van der Waals surface area contributed by atoms with Gasteiger partial charge in [-0.05, 0) is 56.4 Å². The number of carbonyl (C=O) groups is 1. The molecule has 1 aliphatic carbocycles. The third-order valence-corrected chi connectivity index (χ3v) is 4.08. The van der Waals surface area contributed by atoms with Crippen LogP contribution < -0.4 is 0 Å². The first-order valence-electron chi connectivity index (χ1n) is 6.94. The molecule has 3 nitrogen and oxygen atoms in total. The van der Waals surface area contributed by atoms with Gasteiger partial charge < -0.3 is 9.84 Å². The first kappa shape index (κ1) is 13.9. The van der Waals surface area contributed by atoms with Crippen molar-refractivity contribution in [3.8, 4) is 5.75 Å². The molecule has 0 radical (unpaired) electrons. The summed E-state index contributed by atoms with van der Waals surface area (Å²) in [4.78, 5) is 12.1. The van der Waals surface area contributed by atoms with E-state index in [1.54, 1.807) is 12.1 Å². The lowest BCUT2D eigenvalue weighted by Gasteiger charge is -2.28. The number of hydrogen-bond acceptors (Lipinski definition) is 3. The van der Waals surface area contributed by atoms with Crippen LogP contribution in [0.3, 0.4) is 0 Å². The molecule has 1 aliphatic rings. The number of esters is 1. The predicted molar refractivity (Wildman–Crippen MR) is 74.1 cm³/mol. The quantitative estimate of drug-likeness (QED) is 0.851. The number of carbonyl (C=O) groups excluding carboxylic acids is 1. The van der Waals surface area contributed by atoms with Crippen LogP contribution in [-0.2, 0) is 22.4 Å². The summed E-state index contributed by atoms with van der Waals surface area (Å²) in [5.41, 5.74) is 1.93. The Morgan fingerprint density at radius 1 is 1.42 bits per heavy atom. The highest BCUT2D eigenvalue weighted by Gasteiger charge is 2.30. The smallest absolute Gasteiger partial charge is 0.311 e. The molecule has 0 amide bonds. The highest BCUT2D eigenvalue weighted by molar-refractivity contribution is 5.76. The van der Waals surface area contributed by atoms with Gasteiger partial charge in [0, 0.05) is 6.42 Å². The van der Waals surface area contributed by atoms with Gasteiger partial charge in [-0.2, -0.15) is 0 Å². The summed E-state index contributed by atoms with van der Waals surface area (Å²) in [5.74, 6) is 0.156. The molecule has 0 aliphatic heterocycles. The molecule has 0 bridgehead atoms. The highest BCUT2D eigenvalue weighted by Crippen LogP contribution is 2.29. The van der Waals surface area contributed by atoms with E-state index in [0.29, 0.717) is 6.42 Å². The molecule has 1 aromatic carbocycles. The van der Waals surface area contributed by atoms with Crippen LogP contribution in [0.4, 0.5) is 0 Å². The minimum atomic E-state index is -0.418. The molecule has 1 atom stereocenters. The number of fused-ring (bicyclic) bond motifs is 1. The summed E-state index contributed by atoms with van der Waals surface area (Å²) in [6.45, 7) is 5.82. The van der Waals surface area contributed by atoms with Crippen LogP contribution in [0.2, 0.25) is 0 Å². The minimum absolute atomic E-state index is 0.0624. The third-order valence-electron chi connectivity index (χ3n) is 4.08. The number of phenolic OH excluding ortho intramolecular Hbond substituents is 1. The van der Waals surface area contributed by atoms with E-state index in [2.05, 4.69) is 0 Å². The maximum Gasteiger partial charge on any atom is 0.311 e. The second-order valence-electron chi connectivity index (χ2n) is 5.96. The average molecular weight is 262 g/mol. The summed E-state index contributed by atoms with van der Waals surface area (Å²) in [7, 11) is 0. The van der Waals surface area contributed by atoms with Crippen molar-refractivity contribution in [1.29, 1.82) is 0 Å². The molecule has 0 heterocycles. The topological polar surface area (TPSA) is 46.5 Å². The largest absolute Gasteiger partial charge is 0.508 e. The van der Waals surface area contributed by atoms with Crippen molar-refractivity contribution in [1.82, 2.24) is 0 Å². The van der Waals surface area contributed by atoms with Gasteiger partial charge in [-0.1, -0.05) is 13.0 Å². The normalized spacial score (nSPS) is 18.8. The molecular weight excluding hydrogens is 240 g/mol. The number of rotatable bonds is 3. The van der Waals surface area contributed by atoms with Crippen molar-refractivity contribution in [3.05, 3.63) is 29.3 Å². The fourth-order valence-electron chi connectivity index (χ4n) is 2.27. The summed E-state index contributed by atoms with van der Waals surface area (Å²) in [6.07, 6.45) is 3.18. The molecule has 1 aromatic rings. The number of aryl methyl sites for hydroxylation is 1. The van der Waals surface area contributed by atoms with Gasteiger partial charge >= 0.3 is 5.97 Å². The molecule has 0 saturated heterocycles. The van der Waals surface area contributed by atoms with Crippen LogP contribution in [0.5, 0.6) is 5.75 Å². The number of aromatic hydroxyl groups is 1. The van der Waals surface area contributed by atoms with Crippen LogP contribution in [0.1, 0.15) is 44.7 Å². The minimum Gasteiger partial charge on any atom is -0.508 e. The Balaban J connectivity index is 2.04. The van der Waals surface area contributed by atoms with Gasteiger partial charge in [0.05, 0.1) is 5.41 Å². The van der Waals surface area contributed by atoms with Gasteiger partial charge in [0.2, 0.25) is 0 Å². The lowest BCUT2D eigenvalue weighted by atomic mass is 9.88. The van der Waals surface area contributed by atoms with Crippen molar-refractivity contribution < 1.29 is 14.6 Å². The van der Waals surface area contributed by atoms with Crippen molar-refractivity contribution in [2.45, 2.75) is 52.6 Å². The van der Waals surface area contributed by atoms with Gasteiger partial charge in [-0.25, -0.2) is 0 Å². The zero-order chi connectivity index (χ0) is 14.0. The van der Waals surface area contributed by atoms with E-state index < -0.39 is 5.41 Å². The zero-order valence-electron chi connectivity index (χ0n) is 11.9. The van der Waals surface area contributed by atoms with Gasteiger partial charge in [0.25, 0.3) is 0 Å². The lowest BCUT2D eigenvalue weighted by Crippen LogP contribution is -2.33. The standard InChI is InChI=1S/C16H22O3/c1-4-16(2,3)15(18)19-14-8-6-11-5-7-13(17)9-12(11)10-14/h5,7,9,14,17H,4,6,8,10H2,1-3H3. The first-order valence-corrected chi connectivity index (χ1v) is 6.94. The Morgan fingerprint density at radius 3 is 2.84 bits per heavy atom. The molecule has 3 heteroatoms. The molecular formula is C16H22O3. The average Bonchev–Trinajstić information content (AvgIpc) is 2.38. The van der Waals surface area contributed by atoms with Crippen molar-refractivity contribution in [2.24, 2.45) is 5.41 Å². The summed E-state index contributed by atoms with van der Waals surface area (Å²) in [5, 5.41) is 9.52. The molecule has 0 aromatic heterocycles. The number of hydrogen-bond donors (Lipinski definition) is 1. The fraction of sp³-hybridized carbons (Fsp3) is 0.562. The van der Waals surface area contributed by atoms with E-state index in [9.17, 15) is 9.90 Å². The van der Waals surface area contributed by atoms with Crippen LogP contribution in [0.25, 0.3) is 0 Å². The molecule has 1 N–H and O–H groups in total. The van der Waals surface area contributed by atoms with Gasteiger partial charge in [0.15, 0.2) is 0 Å². The van der Waals surface area contributed by atoms with Crippen molar-refractivity contribution >= 4 is 5.97 Å². The van der Waals surface area contributed by atoms with E-state index in [1.165, 1.54) is 5.56 Å². The Bertz CT molecular complexity index is 477. The van der Waals surface area contributed by atoms with Crippen molar-refractivity contribution in [2.75, 3.05) is 0 Å². The molecule has 1 unspecified atom stereocenters. The monoisotopic (exact) mass is 262 g/mol. The zero-order valence-corrected chi connectivity index (χ0v) is 11.9. The van der Waals surface area contributed by atoms with E-state index in [-0.39, 0.29) is 17.8 Å². The Morgan fingerprint density at radius 2 is 2.16 bits per heavy atom. The van der Waals surface area contributed by atoms with E-state index in [0.717, 1.165) is 24.8 Å². The molecule has 0 saturated carbocycles. The van der Waals surface area contributed by atoms with Crippen LogP contribution in [0, 0.1) is 5.41 Å². The summed E-state index contributed by atoms with van der Waals surface area (Å²) in [6, 6.07) is 5.45. The Hall–Kier alpha value is -1.51. The number of benzene rings is 1. The van der Waals surface area contributed by atoms with E-state index >= 15 is 0 Å². The lowest BCUT2D eigenvalue weighted by molar-refractivity contribution is -0.160. The maximum absolute atomic E-state index is 12.1. The van der Waals surface area contributed by atoms with Crippen molar-refractivity contribution in [3.63, 3.8) is 0 Å². The number of phenols is 1. The van der Waals surface area contributed by atoms with Crippen LogP contribution in [0.15, 0.2) is 18.2 Å². The fourth-order valence-corrected chi connectivity index (χ4v) is 2.27. The predicted octanol–water partition coefficient (Wildman–Crippen LogP) is 3.23. The summed E-state index contributed by atoms with van der Waals surface area (Å²) >= 11 is 0. The Labute approximate surface area is 114 Å². The molecule has 2 rings (SSSR count).